The molecule has 1 N–H and O–H groups in total. The average molecular weight is 322 g/mol. The Morgan fingerprint density at radius 1 is 1.16 bits per heavy atom. The molecule has 0 bridgehead atoms. The van der Waals surface area contributed by atoms with E-state index in [0.717, 1.165) is 15.9 Å². The predicted octanol–water partition coefficient (Wildman–Crippen LogP) is 2.92. The van der Waals surface area contributed by atoms with Gasteiger partial charge >= 0.3 is 5.97 Å². The van der Waals surface area contributed by atoms with E-state index in [-0.39, 0.29) is 11.0 Å². The fourth-order valence-corrected chi connectivity index (χ4v) is 2.48. The van der Waals surface area contributed by atoms with Crippen molar-refractivity contribution in [3.63, 3.8) is 0 Å². The monoisotopic (exact) mass is 321 g/mol. The van der Waals surface area contributed by atoms with Crippen LogP contribution < -0.4 is 5.43 Å². The molecule has 1 heterocycles. The second-order valence-corrected chi connectivity index (χ2v) is 5.13. The van der Waals surface area contributed by atoms with Gasteiger partial charge in [0, 0.05) is 28.0 Å². The Labute approximate surface area is 118 Å². The Kier molecular flexibility index (Phi) is 3.57. The molecule has 0 saturated heterocycles. The average Bonchev–Trinajstić information content (AvgIpc) is 2.29. The van der Waals surface area contributed by atoms with Crippen LogP contribution >= 0.6 is 15.9 Å². The molecular formula is C14H12BrNO3. The van der Waals surface area contributed by atoms with E-state index in [4.69, 9.17) is 5.11 Å². The first kappa shape index (κ1) is 13.5. The third-order valence-electron chi connectivity index (χ3n) is 2.84. The van der Waals surface area contributed by atoms with E-state index in [1.807, 2.05) is 18.4 Å². The van der Waals surface area contributed by atoms with E-state index in [0.29, 0.717) is 5.69 Å². The Balaban J connectivity index is 2.75. The SMILES string of the molecule is Cc1cc(=O)cc(C)n1-c1cc(C(=O)O)ccc1Br. The molecule has 0 fully saturated rings. The van der Waals surface area contributed by atoms with Gasteiger partial charge in [-0.05, 0) is 48.0 Å². The number of pyridine rings is 1. The highest BCUT2D eigenvalue weighted by molar-refractivity contribution is 9.10. The summed E-state index contributed by atoms with van der Waals surface area (Å²) in [5, 5.41) is 9.06. The summed E-state index contributed by atoms with van der Waals surface area (Å²) >= 11 is 3.41. The number of hydrogen-bond acceptors (Lipinski definition) is 2. The Morgan fingerprint density at radius 2 is 1.74 bits per heavy atom. The van der Waals surface area contributed by atoms with Crippen molar-refractivity contribution in [1.29, 1.82) is 0 Å². The van der Waals surface area contributed by atoms with Gasteiger partial charge < -0.3 is 9.67 Å². The Bertz CT molecular complexity index is 693. The first-order valence-electron chi connectivity index (χ1n) is 5.63. The number of benzene rings is 1. The van der Waals surface area contributed by atoms with Crippen molar-refractivity contribution in [3.8, 4) is 5.69 Å². The molecule has 1 aromatic heterocycles. The maximum atomic E-state index is 11.4. The molecule has 1 aromatic carbocycles. The predicted molar refractivity (Wildman–Crippen MR) is 76.2 cm³/mol. The number of halogens is 1. The maximum Gasteiger partial charge on any atom is 0.335 e. The molecule has 0 aliphatic carbocycles. The molecule has 0 aliphatic heterocycles. The van der Waals surface area contributed by atoms with Crippen molar-refractivity contribution in [1.82, 2.24) is 4.57 Å². The van der Waals surface area contributed by atoms with Crippen molar-refractivity contribution in [2.45, 2.75) is 13.8 Å². The molecule has 4 nitrogen and oxygen atoms in total. The summed E-state index contributed by atoms with van der Waals surface area (Å²) < 4.78 is 2.62. The topological polar surface area (TPSA) is 59.3 Å². The molecule has 0 saturated carbocycles. The number of rotatable bonds is 2. The van der Waals surface area contributed by atoms with Gasteiger partial charge in [-0.15, -0.1) is 0 Å². The van der Waals surface area contributed by atoms with Crippen LogP contribution in [-0.2, 0) is 0 Å². The quantitative estimate of drug-likeness (QED) is 0.925. The molecule has 2 rings (SSSR count). The van der Waals surface area contributed by atoms with E-state index in [2.05, 4.69) is 15.9 Å². The number of carbonyl (C=O) groups is 1. The molecule has 98 valence electrons. The van der Waals surface area contributed by atoms with Crippen LogP contribution in [0.3, 0.4) is 0 Å². The normalized spacial score (nSPS) is 10.5. The van der Waals surface area contributed by atoms with Crippen LogP contribution in [0.1, 0.15) is 21.7 Å². The zero-order chi connectivity index (χ0) is 14.2. The van der Waals surface area contributed by atoms with Crippen LogP contribution in [0, 0.1) is 13.8 Å². The zero-order valence-electron chi connectivity index (χ0n) is 10.5. The third-order valence-corrected chi connectivity index (χ3v) is 3.51. The van der Waals surface area contributed by atoms with Gasteiger partial charge in [-0.1, -0.05) is 0 Å². The molecule has 5 heteroatoms. The van der Waals surface area contributed by atoms with Crippen molar-refractivity contribution in [2.24, 2.45) is 0 Å². The minimum absolute atomic E-state index is 0.0586. The van der Waals surface area contributed by atoms with Crippen molar-refractivity contribution < 1.29 is 9.90 Å². The third kappa shape index (κ3) is 2.61. The second kappa shape index (κ2) is 5.01. The molecule has 0 unspecified atom stereocenters. The summed E-state index contributed by atoms with van der Waals surface area (Å²) in [5.41, 5.74) is 2.36. The number of carboxylic acids is 1. The van der Waals surface area contributed by atoms with Crippen molar-refractivity contribution in [2.75, 3.05) is 0 Å². The Morgan fingerprint density at radius 3 is 2.26 bits per heavy atom. The van der Waals surface area contributed by atoms with E-state index in [1.165, 1.54) is 18.2 Å². The van der Waals surface area contributed by atoms with E-state index >= 15 is 0 Å². The van der Waals surface area contributed by atoms with Crippen LogP contribution in [0.5, 0.6) is 0 Å². The van der Waals surface area contributed by atoms with Gasteiger partial charge in [0.25, 0.3) is 0 Å². The summed E-state index contributed by atoms with van der Waals surface area (Å²) in [6.07, 6.45) is 0. The molecule has 0 spiro atoms. The highest BCUT2D eigenvalue weighted by atomic mass is 79.9. The van der Waals surface area contributed by atoms with Gasteiger partial charge in [-0.25, -0.2) is 4.79 Å². The Hall–Kier alpha value is -1.88. The summed E-state index contributed by atoms with van der Waals surface area (Å²) in [6, 6.07) is 7.84. The number of aromatic carboxylic acids is 1. The molecule has 19 heavy (non-hydrogen) atoms. The highest BCUT2D eigenvalue weighted by Gasteiger charge is 2.11. The molecule has 0 amide bonds. The molecule has 0 aliphatic rings. The lowest BCUT2D eigenvalue weighted by molar-refractivity contribution is 0.0697. The number of nitrogens with zero attached hydrogens (tertiary/aromatic N) is 1. The van der Waals surface area contributed by atoms with Gasteiger partial charge in [0.05, 0.1) is 11.3 Å². The molecule has 0 atom stereocenters. The van der Waals surface area contributed by atoms with E-state index < -0.39 is 5.97 Å². The second-order valence-electron chi connectivity index (χ2n) is 4.28. The standard InChI is InChI=1S/C14H12BrNO3/c1-8-5-11(17)6-9(2)16(8)13-7-10(14(18)19)3-4-12(13)15/h3-7H,1-2H3,(H,18,19). The van der Waals surface area contributed by atoms with Crippen molar-refractivity contribution >= 4 is 21.9 Å². The summed E-state index contributed by atoms with van der Waals surface area (Å²) in [5.74, 6) is -0.981. The summed E-state index contributed by atoms with van der Waals surface area (Å²) in [4.78, 5) is 22.5. The van der Waals surface area contributed by atoms with E-state index in [9.17, 15) is 9.59 Å². The fraction of sp³-hybridized carbons (Fsp3) is 0.143. The molecular weight excluding hydrogens is 310 g/mol. The first-order chi connectivity index (χ1) is 8.90. The van der Waals surface area contributed by atoms with Crippen LogP contribution in [0.2, 0.25) is 0 Å². The number of hydrogen-bond donors (Lipinski definition) is 1. The zero-order valence-corrected chi connectivity index (χ0v) is 12.1. The lowest BCUT2D eigenvalue weighted by atomic mass is 10.1. The molecule has 0 radical (unpaired) electrons. The van der Waals surface area contributed by atoms with Crippen LogP contribution in [0.25, 0.3) is 5.69 Å². The highest BCUT2D eigenvalue weighted by Crippen LogP contribution is 2.24. The van der Waals surface area contributed by atoms with Gasteiger partial charge in [-0.2, -0.15) is 0 Å². The van der Waals surface area contributed by atoms with Gasteiger partial charge in [0.2, 0.25) is 0 Å². The summed E-state index contributed by atoms with van der Waals surface area (Å²) in [7, 11) is 0. The minimum Gasteiger partial charge on any atom is -0.478 e. The fourth-order valence-electron chi connectivity index (χ4n) is 2.06. The lowest BCUT2D eigenvalue weighted by Crippen LogP contribution is -2.12. The van der Waals surface area contributed by atoms with Crippen molar-refractivity contribution in [3.05, 3.63) is 62.0 Å². The van der Waals surface area contributed by atoms with Gasteiger partial charge in [0.15, 0.2) is 5.43 Å². The van der Waals surface area contributed by atoms with Crippen LogP contribution in [0.15, 0.2) is 39.6 Å². The maximum absolute atomic E-state index is 11.4. The van der Waals surface area contributed by atoms with Crippen LogP contribution in [0.4, 0.5) is 0 Å². The number of aromatic nitrogens is 1. The molecule has 2 aromatic rings. The minimum atomic E-state index is -0.981. The van der Waals surface area contributed by atoms with Gasteiger partial charge in [0.1, 0.15) is 0 Å². The van der Waals surface area contributed by atoms with E-state index in [1.54, 1.807) is 12.1 Å². The first-order valence-corrected chi connectivity index (χ1v) is 6.43. The van der Waals surface area contributed by atoms with Gasteiger partial charge in [-0.3, -0.25) is 4.79 Å². The smallest absolute Gasteiger partial charge is 0.335 e. The number of aryl methyl sites for hydroxylation is 2. The summed E-state index contributed by atoms with van der Waals surface area (Å²) in [6.45, 7) is 3.63. The largest absolute Gasteiger partial charge is 0.478 e. The number of carboxylic acid groups (broad SMARTS) is 1. The van der Waals surface area contributed by atoms with Crippen LogP contribution in [-0.4, -0.2) is 15.6 Å². The lowest BCUT2D eigenvalue weighted by Gasteiger charge is -2.16.